The van der Waals surface area contributed by atoms with Crippen molar-refractivity contribution >= 4 is 138 Å². The Bertz CT molecular complexity index is 5420. The maximum Gasteiger partial charge on any atom is 0.260 e. The first-order valence-corrected chi connectivity index (χ1v) is 45.0. The van der Waals surface area contributed by atoms with E-state index >= 15 is 0 Å². The highest BCUT2D eigenvalue weighted by molar-refractivity contribution is 9.11. The molecule has 0 aliphatic rings. The van der Waals surface area contributed by atoms with Crippen molar-refractivity contribution in [2.24, 2.45) is 0 Å². The third-order valence-electron chi connectivity index (χ3n) is 17.8. The molecule has 670 valence electrons. The molecule has 0 bridgehead atoms. The summed E-state index contributed by atoms with van der Waals surface area (Å²) in [5.41, 5.74) is 8.42. The van der Waals surface area contributed by atoms with Crippen LogP contribution in [-0.4, -0.2) is 114 Å². The van der Waals surface area contributed by atoms with Gasteiger partial charge in [-0.2, -0.15) is 0 Å². The summed E-state index contributed by atoms with van der Waals surface area (Å²) < 4.78 is 56.9. The second-order valence-electron chi connectivity index (χ2n) is 27.5. The average molecular weight is 2090 g/mol. The van der Waals surface area contributed by atoms with Crippen molar-refractivity contribution in [3.05, 3.63) is 329 Å². The van der Waals surface area contributed by atoms with Crippen LogP contribution in [0.5, 0.6) is 28.7 Å². The summed E-state index contributed by atoms with van der Waals surface area (Å²) >= 11 is 16.9. The Morgan fingerprint density at radius 3 is 0.527 bits per heavy atom. The van der Waals surface area contributed by atoms with E-state index in [4.69, 9.17) is 46.8 Å². The zero-order valence-electron chi connectivity index (χ0n) is 71.1. The lowest BCUT2D eigenvalue weighted by molar-refractivity contribution is 0.101. The van der Waals surface area contributed by atoms with Crippen LogP contribution in [0.25, 0.3) is 56.3 Å². The smallest absolute Gasteiger partial charge is 0.260 e. The Balaban J connectivity index is 0.000000155. The molecule has 16 aromatic rings. The van der Waals surface area contributed by atoms with Gasteiger partial charge in [0.2, 0.25) is 29.1 Å². The Labute approximate surface area is 795 Å². The van der Waals surface area contributed by atoms with E-state index < -0.39 is 0 Å². The van der Waals surface area contributed by atoms with Crippen LogP contribution in [-0.2, 0) is 0 Å². The normalized spacial score (nSPS) is 10.4. The van der Waals surface area contributed by atoms with Gasteiger partial charge in [0.05, 0.1) is 60.9 Å². The summed E-state index contributed by atoms with van der Waals surface area (Å²) in [6.45, 7) is 12.7. The minimum absolute atomic E-state index is 0.262. The van der Waals surface area contributed by atoms with Gasteiger partial charge in [-0.05, 0) is 205 Å². The van der Waals surface area contributed by atoms with E-state index in [2.05, 4.69) is 158 Å². The van der Waals surface area contributed by atoms with E-state index in [0.29, 0.717) is 118 Å². The Morgan fingerprint density at radius 1 is 0.221 bits per heavy atom. The minimum atomic E-state index is -0.333. The predicted molar refractivity (Wildman–Crippen MR) is 515 cm³/mol. The topological polar surface area (TPSA) is 386 Å². The molecule has 5 amide bonds. The molecule has 11 aromatic carbocycles. The molecule has 0 saturated carbocycles. The second-order valence-corrected chi connectivity index (χ2v) is 32.1. The molecule has 30 nitrogen and oxygen atoms in total. The fourth-order valence-electron chi connectivity index (χ4n) is 11.6. The van der Waals surface area contributed by atoms with Gasteiger partial charge in [-0.3, -0.25) is 24.0 Å². The van der Waals surface area contributed by atoms with Gasteiger partial charge in [-0.25, -0.2) is 23.1 Å². The van der Waals surface area contributed by atoms with Gasteiger partial charge in [-0.1, -0.05) is 272 Å². The number of nitrogens with zero attached hydrogens (tertiary/aromatic N) is 10. The van der Waals surface area contributed by atoms with Crippen LogP contribution in [0, 0.1) is 0 Å². The molecule has 0 aliphatic carbocycles. The van der Waals surface area contributed by atoms with Crippen LogP contribution in [0.15, 0.2) is 325 Å². The molecule has 0 atom stereocenters. The monoisotopic (exact) mass is 2080 g/mol. The molecule has 0 fully saturated rings. The number of benzene rings is 11. The average Bonchev–Trinajstić information content (AvgIpc) is 1.80. The standard InChI is InChI=1S/5C18H16BrN3O3.C6H6/c5*1-2-11-24-15-6-4-3-5-14(15)18(23)20-17-16(21-25-22-17)12-7-9-13(19)10-8-12;1-2-4-6-5-3-1/h5*3-10H,2,11H2,1H3,(H,20,22,23);1-6H. The van der Waals surface area contributed by atoms with Crippen molar-refractivity contribution in [1.29, 1.82) is 0 Å². The highest BCUT2D eigenvalue weighted by Gasteiger charge is 2.25. The Kier molecular flexibility index (Phi) is 38.5. The third-order valence-corrected chi connectivity index (χ3v) is 20.5. The number of rotatable bonds is 30. The molecule has 0 unspecified atom stereocenters. The highest BCUT2D eigenvalue weighted by Crippen LogP contribution is 2.35. The number of halogens is 5. The van der Waals surface area contributed by atoms with Crippen molar-refractivity contribution in [2.45, 2.75) is 66.7 Å². The lowest BCUT2D eigenvalue weighted by Gasteiger charge is -2.10. The molecule has 0 spiro atoms. The summed E-state index contributed by atoms with van der Waals surface area (Å²) in [7, 11) is 0. The van der Waals surface area contributed by atoms with Gasteiger partial charge in [0.25, 0.3) is 29.5 Å². The van der Waals surface area contributed by atoms with E-state index in [-0.39, 0.29) is 58.6 Å². The molecule has 5 heterocycles. The van der Waals surface area contributed by atoms with Gasteiger partial charge >= 0.3 is 0 Å². The zero-order valence-corrected chi connectivity index (χ0v) is 79.0. The largest absolute Gasteiger partial charge is 0.493 e. The number of carbonyl (C=O) groups excluding carboxylic acids is 5. The van der Waals surface area contributed by atoms with Crippen LogP contribution >= 0.6 is 79.6 Å². The van der Waals surface area contributed by atoms with Gasteiger partial charge in [-0.15, -0.1) is 0 Å². The minimum Gasteiger partial charge on any atom is -0.493 e. The number of nitrogens with one attached hydrogen (secondary N) is 5. The molecule has 0 radical (unpaired) electrons. The van der Waals surface area contributed by atoms with Crippen LogP contribution in [0.1, 0.15) is 119 Å². The Hall–Kier alpha value is -14.1. The molecule has 35 heteroatoms. The van der Waals surface area contributed by atoms with Gasteiger partial charge in [0, 0.05) is 50.2 Å². The molecule has 16 rings (SSSR count). The van der Waals surface area contributed by atoms with Gasteiger partial charge in [0.15, 0.2) is 28.5 Å². The van der Waals surface area contributed by atoms with Crippen molar-refractivity contribution in [1.82, 2.24) is 51.6 Å². The van der Waals surface area contributed by atoms with E-state index in [1.54, 1.807) is 91.0 Å². The second kappa shape index (κ2) is 51.8. The molecule has 5 aromatic heterocycles. The van der Waals surface area contributed by atoms with Gasteiger partial charge in [0.1, 0.15) is 28.7 Å². The van der Waals surface area contributed by atoms with Crippen molar-refractivity contribution in [2.75, 3.05) is 59.6 Å². The molecular formula is C96H86Br5N15O15. The summed E-state index contributed by atoms with van der Waals surface area (Å²) in [4.78, 5) is 63.1. The molecular weight excluding hydrogens is 2000 g/mol. The van der Waals surface area contributed by atoms with E-state index in [1.165, 1.54) is 0 Å². The van der Waals surface area contributed by atoms with Crippen LogP contribution in [0.2, 0.25) is 0 Å². The number of aromatic nitrogens is 10. The van der Waals surface area contributed by atoms with E-state index in [1.807, 2.05) is 223 Å². The number of carbonyl (C=O) groups is 5. The Morgan fingerprint density at radius 2 is 0.374 bits per heavy atom. The summed E-state index contributed by atoms with van der Waals surface area (Å²) in [6.07, 6.45) is 4.29. The van der Waals surface area contributed by atoms with Crippen LogP contribution in [0.3, 0.4) is 0 Å². The maximum absolute atomic E-state index is 12.6. The number of ether oxygens (including phenoxy) is 5. The van der Waals surface area contributed by atoms with E-state index in [0.717, 1.165) is 82.3 Å². The molecule has 5 N–H and O–H groups in total. The number of para-hydroxylation sites is 5. The van der Waals surface area contributed by atoms with Crippen molar-refractivity contribution in [3.63, 3.8) is 0 Å². The summed E-state index contributed by atoms with van der Waals surface area (Å²) in [5, 5.41) is 52.1. The summed E-state index contributed by atoms with van der Waals surface area (Å²) in [5.74, 6) is 2.30. The fraction of sp³-hybridized carbons (Fsp3) is 0.156. The third kappa shape index (κ3) is 29.2. The zero-order chi connectivity index (χ0) is 92.5. The van der Waals surface area contributed by atoms with E-state index in [9.17, 15) is 24.0 Å². The van der Waals surface area contributed by atoms with Crippen LogP contribution in [0.4, 0.5) is 29.1 Å². The molecule has 0 aliphatic heterocycles. The lowest BCUT2D eigenvalue weighted by atomic mass is 10.1. The molecule has 0 saturated heterocycles. The first-order valence-electron chi connectivity index (χ1n) is 41.0. The highest BCUT2D eigenvalue weighted by atomic mass is 79.9. The summed E-state index contributed by atoms with van der Waals surface area (Å²) in [6, 6.07) is 84.7. The number of hydrogen-bond donors (Lipinski definition) is 5. The fourth-order valence-corrected chi connectivity index (χ4v) is 12.9. The number of anilines is 5. The van der Waals surface area contributed by atoms with Crippen molar-refractivity contribution < 1.29 is 70.8 Å². The van der Waals surface area contributed by atoms with Gasteiger partial charge < -0.3 is 50.3 Å². The quantitative estimate of drug-likeness (QED) is 0.0279. The number of amides is 5. The van der Waals surface area contributed by atoms with Crippen molar-refractivity contribution in [3.8, 4) is 85.0 Å². The first-order chi connectivity index (χ1) is 63.9. The maximum atomic E-state index is 12.6. The molecule has 131 heavy (non-hydrogen) atoms. The number of hydrogen-bond acceptors (Lipinski definition) is 25. The SMILES string of the molecule is CCCOc1ccccc1C(=O)Nc1nonc1-c1ccc(Br)cc1.CCCOc1ccccc1C(=O)Nc1nonc1-c1ccc(Br)cc1.CCCOc1ccccc1C(=O)Nc1nonc1-c1ccc(Br)cc1.CCCOc1ccccc1C(=O)Nc1nonc1-c1ccc(Br)cc1.CCCOc1ccccc1C(=O)Nc1nonc1-c1ccc(Br)cc1.c1ccccc1. The predicted octanol–water partition coefficient (Wildman–Crippen LogP) is 24.4. The lowest BCUT2D eigenvalue weighted by Crippen LogP contribution is -2.14. The van der Waals surface area contributed by atoms with Crippen LogP contribution < -0.4 is 50.3 Å². The first kappa shape index (κ1) is 97.5.